The molecule has 0 bridgehead atoms. The van der Waals surface area contributed by atoms with Gasteiger partial charge in [0.1, 0.15) is 6.61 Å². The van der Waals surface area contributed by atoms with Crippen molar-refractivity contribution in [3.8, 4) is 0 Å². The van der Waals surface area contributed by atoms with Crippen LogP contribution in [0.15, 0.2) is 24.9 Å². The number of rotatable bonds is 8. The molecule has 1 aliphatic rings. The lowest BCUT2D eigenvalue weighted by Crippen LogP contribution is -2.33. The Balaban J connectivity index is 0.000000534. The Labute approximate surface area is 136 Å². The zero-order valence-corrected chi connectivity index (χ0v) is 14.7. The van der Waals surface area contributed by atoms with Crippen LogP contribution in [0.5, 0.6) is 0 Å². The van der Waals surface area contributed by atoms with E-state index in [0.29, 0.717) is 18.2 Å². The van der Waals surface area contributed by atoms with Gasteiger partial charge in [0.15, 0.2) is 0 Å². The van der Waals surface area contributed by atoms with Crippen molar-refractivity contribution in [3.05, 3.63) is 24.9 Å². The van der Waals surface area contributed by atoms with Crippen molar-refractivity contribution in [1.82, 2.24) is 10.2 Å². The summed E-state index contributed by atoms with van der Waals surface area (Å²) < 4.78 is 4.99. The van der Waals surface area contributed by atoms with Crippen molar-refractivity contribution in [1.29, 1.82) is 0 Å². The molecule has 22 heavy (non-hydrogen) atoms. The molecule has 0 aromatic rings. The third-order valence-corrected chi connectivity index (χ3v) is 3.79. The van der Waals surface area contributed by atoms with E-state index in [0.717, 1.165) is 19.6 Å². The fourth-order valence-electron chi connectivity index (χ4n) is 2.32. The molecule has 1 rings (SSSR count). The summed E-state index contributed by atoms with van der Waals surface area (Å²) in [5.74, 6) is -0.291. The first-order valence-corrected chi connectivity index (χ1v) is 8.47. The topological polar surface area (TPSA) is 41.6 Å². The van der Waals surface area contributed by atoms with Crippen LogP contribution in [0.25, 0.3) is 0 Å². The summed E-state index contributed by atoms with van der Waals surface area (Å²) in [6, 6.07) is 0.627. The normalized spacial score (nSPS) is 14.5. The van der Waals surface area contributed by atoms with E-state index in [4.69, 9.17) is 4.74 Å². The van der Waals surface area contributed by atoms with Crippen LogP contribution in [0.1, 0.15) is 52.9 Å². The Morgan fingerprint density at radius 3 is 2.27 bits per heavy atom. The molecule has 0 radical (unpaired) electrons. The van der Waals surface area contributed by atoms with Crippen molar-refractivity contribution in [2.24, 2.45) is 0 Å². The highest BCUT2D eigenvalue weighted by Crippen LogP contribution is 2.16. The number of nitrogens with zero attached hydrogens (tertiary/aromatic N) is 1. The highest BCUT2D eigenvalue weighted by molar-refractivity contribution is 5.86. The highest BCUT2D eigenvalue weighted by Gasteiger charge is 2.12. The molecule has 1 N–H and O–H groups in total. The quantitative estimate of drug-likeness (QED) is 0.423. The van der Waals surface area contributed by atoms with E-state index < -0.39 is 0 Å². The Morgan fingerprint density at radius 2 is 1.86 bits per heavy atom. The minimum Gasteiger partial charge on any atom is -0.461 e. The predicted octanol–water partition coefficient (Wildman–Crippen LogP) is 3.50. The van der Waals surface area contributed by atoms with Gasteiger partial charge in [-0.3, -0.25) is 0 Å². The SMILES string of the molecule is C=C(C)C(=O)OCCNC1CCCCC1.C=CN(CC)CC. The monoisotopic (exact) mass is 310 g/mol. The van der Waals surface area contributed by atoms with E-state index in [1.807, 2.05) is 6.20 Å². The van der Waals surface area contributed by atoms with Gasteiger partial charge >= 0.3 is 5.97 Å². The van der Waals surface area contributed by atoms with Gasteiger partial charge in [-0.05, 0) is 39.8 Å². The van der Waals surface area contributed by atoms with Crippen molar-refractivity contribution >= 4 is 5.97 Å². The van der Waals surface area contributed by atoms with Crippen LogP contribution in [-0.4, -0.2) is 43.2 Å². The number of ether oxygens (including phenoxy) is 1. The van der Waals surface area contributed by atoms with Crippen molar-refractivity contribution in [3.63, 3.8) is 0 Å². The lowest BCUT2D eigenvalue weighted by atomic mass is 9.96. The van der Waals surface area contributed by atoms with Crippen LogP contribution in [0.3, 0.4) is 0 Å². The molecule has 4 heteroatoms. The number of nitrogens with one attached hydrogen (secondary N) is 1. The number of carbonyl (C=O) groups excluding carboxylic acids is 1. The molecule has 0 aromatic heterocycles. The summed E-state index contributed by atoms with van der Waals surface area (Å²) >= 11 is 0. The fourth-order valence-corrected chi connectivity index (χ4v) is 2.32. The molecular formula is C18H34N2O2. The highest BCUT2D eigenvalue weighted by atomic mass is 16.5. The van der Waals surface area contributed by atoms with Crippen molar-refractivity contribution < 1.29 is 9.53 Å². The Morgan fingerprint density at radius 1 is 1.27 bits per heavy atom. The third-order valence-electron chi connectivity index (χ3n) is 3.79. The maximum atomic E-state index is 11.0. The summed E-state index contributed by atoms with van der Waals surface area (Å²) in [4.78, 5) is 13.2. The molecule has 0 aliphatic heterocycles. The second-order valence-corrected chi connectivity index (χ2v) is 5.61. The summed E-state index contributed by atoms with van der Waals surface area (Å²) in [7, 11) is 0. The van der Waals surface area contributed by atoms with Crippen LogP contribution in [0, 0.1) is 0 Å². The van der Waals surface area contributed by atoms with Gasteiger partial charge in [0.2, 0.25) is 0 Å². The van der Waals surface area contributed by atoms with Gasteiger partial charge in [-0.2, -0.15) is 0 Å². The number of hydrogen-bond donors (Lipinski definition) is 1. The Kier molecular flexibility index (Phi) is 12.6. The molecule has 1 aliphatic carbocycles. The van der Waals surface area contributed by atoms with Crippen LogP contribution < -0.4 is 5.32 Å². The second kappa shape index (κ2) is 13.4. The van der Waals surface area contributed by atoms with Gasteiger partial charge in [0, 0.05) is 31.2 Å². The summed E-state index contributed by atoms with van der Waals surface area (Å²) in [6.07, 6.45) is 8.39. The predicted molar refractivity (Wildman–Crippen MR) is 93.8 cm³/mol. The summed E-state index contributed by atoms with van der Waals surface area (Å²) in [6.45, 7) is 16.4. The van der Waals surface area contributed by atoms with Crippen LogP contribution in [0.4, 0.5) is 0 Å². The zero-order chi connectivity index (χ0) is 16.8. The summed E-state index contributed by atoms with van der Waals surface area (Å²) in [5, 5.41) is 3.41. The van der Waals surface area contributed by atoms with E-state index in [2.05, 4.69) is 37.2 Å². The number of esters is 1. The molecule has 0 aromatic carbocycles. The van der Waals surface area contributed by atoms with Gasteiger partial charge in [-0.25, -0.2) is 4.79 Å². The lowest BCUT2D eigenvalue weighted by molar-refractivity contribution is -0.138. The Bertz CT molecular complexity index is 319. The van der Waals surface area contributed by atoms with E-state index in [9.17, 15) is 4.79 Å². The van der Waals surface area contributed by atoms with E-state index >= 15 is 0 Å². The summed E-state index contributed by atoms with van der Waals surface area (Å²) in [5.41, 5.74) is 0.465. The first kappa shape index (κ1) is 20.7. The molecule has 0 heterocycles. The largest absolute Gasteiger partial charge is 0.461 e. The maximum absolute atomic E-state index is 11.0. The molecule has 4 nitrogen and oxygen atoms in total. The van der Waals surface area contributed by atoms with Crippen molar-refractivity contribution in [2.45, 2.75) is 58.9 Å². The maximum Gasteiger partial charge on any atom is 0.333 e. The van der Waals surface area contributed by atoms with Gasteiger partial charge in [0.25, 0.3) is 0 Å². The molecule has 1 fully saturated rings. The van der Waals surface area contributed by atoms with E-state index in [1.165, 1.54) is 32.1 Å². The first-order chi connectivity index (χ1) is 10.5. The standard InChI is InChI=1S/C12H21NO2.C6H13N/c1-10(2)12(14)15-9-8-13-11-6-4-3-5-7-11;1-4-7(5-2)6-3/h11,13H,1,3-9H2,2H3;4H,1,5-6H2,2-3H3. The van der Waals surface area contributed by atoms with Gasteiger partial charge < -0.3 is 15.0 Å². The Hall–Kier alpha value is -1.29. The smallest absolute Gasteiger partial charge is 0.333 e. The van der Waals surface area contributed by atoms with Crippen LogP contribution >= 0.6 is 0 Å². The lowest BCUT2D eigenvalue weighted by Gasteiger charge is -2.22. The molecule has 0 atom stereocenters. The zero-order valence-electron chi connectivity index (χ0n) is 14.7. The van der Waals surface area contributed by atoms with Gasteiger partial charge in [0.05, 0.1) is 0 Å². The average molecular weight is 310 g/mol. The molecule has 0 amide bonds. The van der Waals surface area contributed by atoms with Gasteiger partial charge in [-0.1, -0.05) is 32.4 Å². The molecule has 128 valence electrons. The first-order valence-electron chi connectivity index (χ1n) is 8.47. The molecule has 0 saturated heterocycles. The van der Waals surface area contributed by atoms with Crippen LogP contribution in [-0.2, 0) is 9.53 Å². The van der Waals surface area contributed by atoms with E-state index in [-0.39, 0.29) is 5.97 Å². The number of hydrogen-bond acceptors (Lipinski definition) is 4. The molecule has 0 spiro atoms. The molecule has 1 saturated carbocycles. The fraction of sp³-hybridized carbons (Fsp3) is 0.722. The van der Waals surface area contributed by atoms with Gasteiger partial charge in [-0.15, -0.1) is 0 Å². The van der Waals surface area contributed by atoms with E-state index in [1.54, 1.807) is 6.92 Å². The molecule has 0 unspecified atom stereocenters. The van der Waals surface area contributed by atoms with Crippen LogP contribution in [0.2, 0.25) is 0 Å². The minimum atomic E-state index is -0.291. The van der Waals surface area contributed by atoms with Crippen molar-refractivity contribution in [2.75, 3.05) is 26.2 Å². The minimum absolute atomic E-state index is 0.291. The molecular weight excluding hydrogens is 276 g/mol. The average Bonchev–Trinajstić information content (AvgIpc) is 2.54. The third kappa shape index (κ3) is 10.4. The second-order valence-electron chi connectivity index (χ2n) is 5.61. The number of carbonyl (C=O) groups is 1.